The molecule has 0 saturated carbocycles. The van der Waals surface area contributed by atoms with Crippen LogP contribution in [0.3, 0.4) is 0 Å². The lowest BCUT2D eigenvalue weighted by molar-refractivity contribution is 0.0863. The van der Waals surface area contributed by atoms with Crippen LogP contribution in [0.25, 0.3) is 11.3 Å². The average Bonchev–Trinajstić information content (AvgIpc) is 2.90. The molecule has 0 radical (unpaired) electrons. The quantitative estimate of drug-likeness (QED) is 0.914. The van der Waals surface area contributed by atoms with Crippen LogP contribution in [0.1, 0.15) is 30.8 Å². The first-order chi connectivity index (χ1) is 9.53. The second-order valence-corrected chi connectivity index (χ2v) is 5.37. The minimum absolute atomic E-state index is 0.133. The van der Waals surface area contributed by atoms with E-state index in [0.29, 0.717) is 23.5 Å². The molecule has 2 aromatic rings. The van der Waals surface area contributed by atoms with E-state index < -0.39 is 0 Å². The highest BCUT2D eigenvalue weighted by Gasteiger charge is 2.35. The number of hydrogen-bond donors (Lipinski definition) is 1. The maximum atomic E-state index is 13.3. The van der Waals surface area contributed by atoms with Gasteiger partial charge in [-0.05, 0) is 31.5 Å². The van der Waals surface area contributed by atoms with E-state index in [1.165, 1.54) is 12.1 Å². The van der Waals surface area contributed by atoms with Crippen LogP contribution in [0.5, 0.6) is 0 Å². The van der Waals surface area contributed by atoms with Gasteiger partial charge < -0.3 is 5.32 Å². The Labute approximate surface area is 116 Å². The van der Waals surface area contributed by atoms with Gasteiger partial charge in [-0.15, -0.1) is 0 Å². The summed E-state index contributed by atoms with van der Waals surface area (Å²) in [5, 5.41) is 7.41. The van der Waals surface area contributed by atoms with Crippen LogP contribution in [0.15, 0.2) is 30.3 Å². The largest absolute Gasteiger partial charge is 0.348 e. The van der Waals surface area contributed by atoms with Gasteiger partial charge in [0.2, 0.25) is 0 Å². The van der Waals surface area contributed by atoms with Crippen LogP contribution < -0.4 is 5.32 Å². The van der Waals surface area contributed by atoms with E-state index in [1.54, 1.807) is 22.9 Å². The second kappa shape index (κ2) is 4.44. The standard InChI is InChI=1S/C15H16FN3O/c1-3-15(2)9-17-14(20)13-8-12(18-19(13)15)10-5-4-6-11(16)7-10/h4-8H,3,9H2,1-2H3,(H,17,20). The fourth-order valence-corrected chi connectivity index (χ4v) is 2.45. The van der Waals surface area contributed by atoms with Crippen molar-refractivity contribution in [3.05, 3.63) is 41.8 Å². The normalized spacial score (nSPS) is 21.4. The Bertz CT molecular complexity index is 680. The third-order valence-corrected chi connectivity index (χ3v) is 3.97. The first kappa shape index (κ1) is 12.8. The Hall–Kier alpha value is -2.17. The van der Waals surface area contributed by atoms with E-state index in [4.69, 9.17) is 0 Å². The molecule has 1 unspecified atom stereocenters. The highest BCUT2D eigenvalue weighted by molar-refractivity contribution is 5.94. The van der Waals surface area contributed by atoms with Gasteiger partial charge in [0.05, 0.1) is 11.2 Å². The van der Waals surface area contributed by atoms with Gasteiger partial charge in [-0.2, -0.15) is 5.10 Å². The van der Waals surface area contributed by atoms with Crippen LogP contribution in [0.2, 0.25) is 0 Å². The molecule has 1 aliphatic rings. The lowest BCUT2D eigenvalue weighted by Crippen LogP contribution is -2.50. The van der Waals surface area contributed by atoms with Gasteiger partial charge in [-0.3, -0.25) is 9.48 Å². The maximum Gasteiger partial charge on any atom is 0.269 e. The Morgan fingerprint density at radius 3 is 2.95 bits per heavy atom. The van der Waals surface area contributed by atoms with Gasteiger partial charge in [-0.1, -0.05) is 19.1 Å². The number of benzene rings is 1. The summed E-state index contributed by atoms with van der Waals surface area (Å²) in [5.41, 5.74) is 1.59. The Morgan fingerprint density at radius 1 is 1.45 bits per heavy atom. The predicted molar refractivity (Wildman–Crippen MR) is 73.9 cm³/mol. The molecule has 0 saturated heterocycles. The number of carbonyl (C=O) groups is 1. The summed E-state index contributed by atoms with van der Waals surface area (Å²) < 4.78 is 15.1. The van der Waals surface area contributed by atoms with Crippen molar-refractivity contribution < 1.29 is 9.18 Å². The van der Waals surface area contributed by atoms with Crippen molar-refractivity contribution in [2.45, 2.75) is 25.8 Å². The van der Waals surface area contributed by atoms with E-state index in [0.717, 1.165) is 6.42 Å². The second-order valence-electron chi connectivity index (χ2n) is 5.37. The van der Waals surface area contributed by atoms with Crippen LogP contribution >= 0.6 is 0 Å². The Balaban J connectivity index is 2.13. The molecular formula is C15H16FN3O. The summed E-state index contributed by atoms with van der Waals surface area (Å²) in [6, 6.07) is 7.97. The van der Waals surface area contributed by atoms with E-state index in [2.05, 4.69) is 24.3 Å². The molecule has 0 spiro atoms. The molecule has 1 aromatic heterocycles. The molecule has 5 heteroatoms. The van der Waals surface area contributed by atoms with Crippen LogP contribution in [0.4, 0.5) is 4.39 Å². The molecule has 2 heterocycles. The number of aromatic nitrogens is 2. The zero-order valence-electron chi connectivity index (χ0n) is 11.5. The maximum absolute atomic E-state index is 13.3. The SMILES string of the molecule is CCC1(C)CNC(=O)c2cc(-c3cccc(F)c3)nn21. The topological polar surface area (TPSA) is 46.9 Å². The van der Waals surface area contributed by atoms with E-state index in [-0.39, 0.29) is 17.3 Å². The molecule has 1 amide bonds. The number of fused-ring (bicyclic) bond motifs is 1. The van der Waals surface area contributed by atoms with Gasteiger partial charge in [0.25, 0.3) is 5.91 Å². The van der Waals surface area contributed by atoms with Gasteiger partial charge in [0.15, 0.2) is 0 Å². The first-order valence-electron chi connectivity index (χ1n) is 6.68. The average molecular weight is 273 g/mol. The van der Waals surface area contributed by atoms with Crippen molar-refractivity contribution in [1.29, 1.82) is 0 Å². The van der Waals surface area contributed by atoms with Gasteiger partial charge in [-0.25, -0.2) is 4.39 Å². The summed E-state index contributed by atoms with van der Waals surface area (Å²) in [5.74, 6) is -0.442. The number of nitrogens with zero attached hydrogens (tertiary/aromatic N) is 2. The van der Waals surface area contributed by atoms with Gasteiger partial charge >= 0.3 is 0 Å². The van der Waals surface area contributed by atoms with Crippen molar-refractivity contribution in [2.24, 2.45) is 0 Å². The molecule has 1 atom stereocenters. The molecule has 104 valence electrons. The van der Waals surface area contributed by atoms with Crippen LogP contribution in [0, 0.1) is 5.82 Å². The Kier molecular flexibility index (Phi) is 2.85. The number of rotatable bonds is 2. The van der Waals surface area contributed by atoms with Crippen molar-refractivity contribution in [3.63, 3.8) is 0 Å². The van der Waals surface area contributed by atoms with Crippen molar-refractivity contribution in [3.8, 4) is 11.3 Å². The lowest BCUT2D eigenvalue weighted by Gasteiger charge is -2.34. The minimum Gasteiger partial charge on any atom is -0.348 e. The number of carbonyl (C=O) groups excluding carboxylic acids is 1. The van der Waals surface area contributed by atoms with E-state index in [1.807, 2.05) is 0 Å². The predicted octanol–water partition coefficient (Wildman–Crippen LogP) is 2.56. The first-order valence-corrected chi connectivity index (χ1v) is 6.68. The molecule has 0 bridgehead atoms. The smallest absolute Gasteiger partial charge is 0.269 e. The van der Waals surface area contributed by atoms with Crippen molar-refractivity contribution in [1.82, 2.24) is 15.1 Å². The monoisotopic (exact) mass is 273 g/mol. The molecule has 0 aliphatic carbocycles. The summed E-state index contributed by atoms with van der Waals surface area (Å²) >= 11 is 0. The van der Waals surface area contributed by atoms with Gasteiger partial charge in [0.1, 0.15) is 11.5 Å². The number of halogens is 1. The van der Waals surface area contributed by atoms with Crippen LogP contribution in [-0.4, -0.2) is 22.2 Å². The van der Waals surface area contributed by atoms with E-state index in [9.17, 15) is 9.18 Å². The van der Waals surface area contributed by atoms with Crippen LogP contribution in [-0.2, 0) is 5.54 Å². The summed E-state index contributed by atoms with van der Waals surface area (Å²) in [6.07, 6.45) is 0.852. The molecule has 20 heavy (non-hydrogen) atoms. The van der Waals surface area contributed by atoms with Crippen molar-refractivity contribution in [2.75, 3.05) is 6.54 Å². The Morgan fingerprint density at radius 2 is 2.25 bits per heavy atom. The number of amides is 1. The third-order valence-electron chi connectivity index (χ3n) is 3.97. The summed E-state index contributed by atoms with van der Waals surface area (Å²) in [6.45, 7) is 4.67. The van der Waals surface area contributed by atoms with E-state index >= 15 is 0 Å². The zero-order chi connectivity index (χ0) is 14.3. The minimum atomic E-state index is -0.309. The number of nitrogens with one attached hydrogen (secondary N) is 1. The lowest BCUT2D eigenvalue weighted by atomic mass is 9.96. The molecular weight excluding hydrogens is 257 g/mol. The summed E-state index contributed by atoms with van der Waals surface area (Å²) in [4.78, 5) is 12.0. The van der Waals surface area contributed by atoms with Crippen molar-refractivity contribution >= 4 is 5.91 Å². The van der Waals surface area contributed by atoms with Gasteiger partial charge in [0, 0.05) is 12.1 Å². The molecule has 3 rings (SSSR count). The zero-order valence-corrected chi connectivity index (χ0v) is 11.5. The fraction of sp³-hybridized carbons (Fsp3) is 0.333. The fourth-order valence-electron chi connectivity index (χ4n) is 2.45. The highest BCUT2D eigenvalue weighted by Crippen LogP contribution is 2.28. The highest BCUT2D eigenvalue weighted by atomic mass is 19.1. The molecule has 1 aliphatic heterocycles. The molecule has 1 aromatic carbocycles. The third kappa shape index (κ3) is 1.90. The number of hydrogen-bond acceptors (Lipinski definition) is 2. The molecule has 0 fully saturated rings. The summed E-state index contributed by atoms with van der Waals surface area (Å²) in [7, 11) is 0. The molecule has 4 nitrogen and oxygen atoms in total. The molecule has 1 N–H and O–H groups in total.